The van der Waals surface area contributed by atoms with Crippen LogP contribution in [0.15, 0.2) is 24.3 Å². The third-order valence-electron chi connectivity index (χ3n) is 2.41. The van der Waals surface area contributed by atoms with E-state index in [2.05, 4.69) is 0 Å². The molecule has 1 atom stereocenters. The van der Waals surface area contributed by atoms with Crippen LogP contribution in [0.4, 0.5) is 0 Å². The highest BCUT2D eigenvalue weighted by atomic mass is 16.6. The summed E-state index contributed by atoms with van der Waals surface area (Å²) in [7, 11) is 3.12. The molecule has 0 saturated carbocycles. The first-order valence-corrected chi connectivity index (χ1v) is 5.53. The van der Waals surface area contributed by atoms with E-state index in [-0.39, 0.29) is 5.97 Å². The molecule has 0 heterocycles. The monoisotopic (exact) mass is 238 g/mol. The van der Waals surface area contributed by atoms with Crippen molar-refractivity contribution in [3.63, 3.8) is 0 Å². The van der Waals surface area contributed by atoms with Crippen LogP contribution in [0.3, 0.4) is 0 Å². The highest BCUT2D eigenvalue weighted by Crippen LogP contribution is 2.13. The van der Waals surface area contributed by atoms with Crippen molar-refractivity contribution in [1.82, 2.24) is 0 Å². The SMILES string of the molecule is CCOC(=O)[C@H](Cc1ccc(OC)cc1)OC. The third-order valence-corrected chi connectivity index (χ3v) is 2.41. The molecule has 17 heavy (non-hydrogen) atoms. The van der Waals surface area contributed by atoms with Gasteiger partial charge in [-0.15, -0.1) is 0 Å². The number of hydrogen-bond acceptors (Lipinski definition) is 4. The summed E-state index contributed by atoms with van der Waals surface area (Å²) in [5.41, 5.74) is 1.01. The highest BCUT2D eigenvalue weighted by Gasteiger charge is 2.19. The Bertz CT molecular complexity index is 345. The summed E-state index contributed by atoms with van der Waals surface area (Å²) in [6.45, 7) is 2.14. The minimum Gasteiger partial charge on any atom is -0.497 e. The highest BCUT2D eigenvalue weighted by molar-refractivity contribution is 5.75. The molecule has 1 aromatic carbocycles. The Morgan fingerprint density at radius 2 is 1.88 bits per heavy atom. The lowest BCUT2D eigenvalue weighted by Crippen LogP contribution is -2.27. The van der Waals surface area contributed by atoms with E-state index in [0.29, 0.717) is 13.0 Å². The van der Waals surface area contributed by atoms with Crippen LogP contribution < -0.4 is 4.74 Å². The van der Waals surface area contributed by atoms with Gasteiger partial charge < -0.3 is 14.2 Å². The Labute approximate surface area is 101 Å². The molecule has 0 bridgehead atoms. The average molecular weight is 238 g/mol. The van der Waals surface area contributed by atoms with Crippen molar-refractivity contribution < 1.29 is 19.0 Å². The van der Waals surface area contributed by atoms with E-state index < -0.39 is 6.10 Å². The van der Waals surface area contributed by atoms with Crippen molar-refractivity contribution in [2.24, 2.45) is 0 Å². The molecule has 0 fully saturated rings. The number of hydrogen-bond donors (Lipinski definition) is 0. The molecule has 0 aliphatic rings. The standard InChI is InChI=1S/C13H18O4/c1-4-17-13(14)12(16-3)9-10-5-7-11(15-2)8-6-10/h5-8,12H,4,9H2,1-3H3/t12-/m0/s1. The van der Waals surface area contributed by atoms with Gasteiger partial charge in [-0.25, -0.2) is 4.79 Å². The fourth-order valence-electron chi connectivity index (χ4n) is 1.47. The van der Waals surface area contributed by atoms with Crippen LogP contribution in [0.1, 0.15) is 12.5 Å². The molecule has 0 amide bonds. The van der Waals surface area contributed by atoms with Gasteiger partial charge in [0.1, 0.15) is 5.75 Å². The second kappa shape index (κ2) is 6.91. The molecule has 0 N–H and O–H groups in total. The molecule has 0 aromatic heterocycles. The van der Waals surface area contributed by atoms with Crippen LogP contribution in [0.5, 0.6) is 5.75 Å². The van der Waals surface area contributed by atoms with Crippen LogP contribution in [0.25, 0.3) is 0 Å². The van der Waals surface area contributed by atoms with Crippen LogP contribution in [-0.4, -0.2) is 32.9 Å². The quantitative estimate of drug-likeness (QED) is 0.709. The van der Waals surface area contributed by atoms with Crippen LogP contribution in [-0.2, 0) is 20.7 Å². The van der Waals surface area contributed by atoms with Gasteiger partial charge in [-0.1, -0.05) is 12.1 Å². The lowest BCUT2D eigenvalue weighted by molar-refractivity contribution is -0.154. The van der Waals surface area contributed by atoms with E-state index in [9.17, 15) is 4.79 Å². The molecule has 0 unspecified atom stereocenters. The largest absolute Gasteiger partial charge is 0.497 e. The van der Waals surface area contributed by atoms with Gasteiger partial charge in [0.05, 0.1) is 13.7 Å². The summed E-state index contributed by atoms with van der Waals surface area (Å²) in [5, 5.41) is 0. The number of carbonyl (C=O) groups is 1. The first-order chi connectivity index (χ1) is 8.21. The zero-order valence-corrected chi connectivity index (χ0v) is 10.4. The molecular weight excluding hydrogens is 220 g/mol. The molecule has 1 rings (SSSR count). The molecule has 0 aliphatic carbocycles. The van der Waals surface area contributed by atoms with Crippen LogP contribution in [0.2, 0.25) is 0 Å². The summed E-state index contributed by atoms with van der Waals surface area (Å²) in [6, 6.07) is 7.52. The zero-order valence-electron chi connectivity index (χ0n) is 10.4. The van der Waals surface area contributed by atoms with Crippen molar-refractivity contribution in [2.75, 3.05) is 20.8 Å². The summed E-state index contributed by atoms with van der Waals surface area (Å²) in [6.07, 6.45) is -0.0531. The number of methoxy groups -OCH3 is 2. The zero-order chi connectivity index (χ0) is 12.7. The Balaban J connectivity index is 2.63. The molecule has 4 heteroatoms. The van der Waals surface area contributed by atoms with Crippen molar-refractivity contribution in [1.29, 1.82) is 0 Å². The smallest absolute Gasteiger partial charge is 0.335 e. The first-order valence-electron chi connectivity index (χ1n) is 5.53. The van der Waals surface area contributed by atoms with E-state index in [1.807, 2.05) is 24.3 Å². The summed E-state index contributed by atoms with van der Waals surface area (Å²) >= 11 is 0. The normalized spacial score (nSPS) is 11.9. The van der Waals surface area contributed by atoms with Crippen molar-refractivity contribution >= 4 is 5.97 Å². The molecule has 0 aliphatic heterocycles. The Morgan fingerprint density at radius 3 is 2.35 bits per heavy atom. The van der Waals surface area contributed by atoms with Gasteiger partial charge in [0, 0.05) is 13.5 Å². The van der Waals surface area contributed by atoms with Gasteiger partial charge in [0.15, 0.2) is 6.10 Å². The van der Waals surface area contributed by atoms with Gasteiger partial charge in [-0.3, -0.25) is 0 Å². The second-order valence-electron chi connectivity index (χ2n) is 3.53. The number of ether oxygens (including phenoxy) is 3. The molecule has 4 nitrogen and oxygen atoms in total. The first kappa shape index (κ1) is 13.5. The predicted octanol–water partition coefficient (Wildman–Crippen LogP) is 1.82. The number of rotatable bonds is 6. The van der Waals surface area contributed by atoms with E-state index in [1.165, 1.54) is 7.11 Å². The maximum Gasteiger partial charge on any atom is 0.335 e. The minimum atomic E-state index is -0.552. The molecular formula is C13H18O4. The van der Waals surface area contributed by atoms with Gasteiger partial charge in [0.2, 0.25) is 0 Å². The maximum absolute atomic E-state index is 11.5. The number of carbonyl (C=O) groups excluding carboxylic acids is 1. The molecule has 0 saturated heterocycles. The van der Waals surface area contributed by atoms with Gasteiger partial charge in [0.25, 0.3) is 0 Å². The fraction of sp³-hybridized carbons (Fsp3) is 0.462. The molecule has 94 valence electrons. The maximum atomic E-state index is 11.5. The van der Waals surface area contributed by atoms with E-state index in [4.69, 9.17) is 14.2 Å². The Morgan fingerprint density at radius 1 is 1.24 bits per heavy atom. The summed E-state index contributed by atoms with van der Waals surface area (Å²) in [5.74, 6) is 0.463. The minimum absolute atomic E-state index is 0.328. The Hall–Kier alpha value is -1.55. The number of benzene rings is 1. The lowest BCUT2D eigenvalue weighted by Gasteiger charge is -2.13. The van der Waals surface area contributed by atoms with Crippen molar-refractivity contribution in [2.45, 2.75) is 19.4 Å². The van der Waals surface area contributed by atoms with Gasteiger partial charge >= 0.3 is 5.97 Å². The second-order valence-corrected chi connectivity index (χ2v) is 3.53. The van der Waals surface area contributed by atoms with Gasteiger partial charge in [-0.05, 0) is 24.6 Å². The predicted molar refractivity (Wildman–Crippen MR) is 64.1 cm³/mol. The third kappa shape index (κ3) is 4.07. The van der Waals surface area contributed by atoms with Gasteiger partial charge in [-0.2, -0.15) is 0 Å². The molecule has 0 spiro atoms. The molecule has 1 aromatic rings. The number of esters is 1. The van der Waals surface area contributed by atoms with E-state index >= 15 is 0 Å². The van der Waals surface area contributed by atoms with E-state index in [1.54, 1.807) is 14.0 Å². The van der Waals surface area contributed by atoms with Crippen molar-refractivity contribution in [3.8, 4) is 5.75 Å². The van der Waals surface area contributed by atoms with Crippen LogP contribution in [0, 0.1) is 0 Å². The Kier molecular flexibility index (Phi) is 5.49. The lowest BCUT2D eigenvalue weighted by atomic mass is 10.1. The van der Waals surface area contributed by atoms with E-state index in [0.717, 1.165) is 11.3 Å². The fourth-order valence-corrected chi connectivity index (χ4v) is 1.47. The average Bonchev–Trinajstić information content (AvgIpc) is 2.37. The summed E-state index contributed by atoms with van der Waals surface area (Å²) < 4.78 is 15.1. The summed E-state index contributed by atoms with van der Waals surface area (Å²) in [4.78, 5) is 11.5. The van der Waals surface area contributed by atoms with Crippen molar-refractivity contribution in [3.05, 3.63) is 29.8 Å². The molecule has 0 radical (unpaired) electrons. The topological polar surface area (TPSA) is 44.8 Å². The van der Waals surface area contributed by atoms with Crippen LogP contribution >= 0.6 is 0 Å².